The number of nitrogens with one attached hydrogen (secondary N) is 1. The number of anilines is 2. The molecule has 0 aromatic carbocycles. The van der Waals surface area contributed by atoms with Crippen molar-refractivity contribution in [3.63, 3.8) is 0 Å². The van der Waals surface area contributed by atoms with Crippen molar-refractivity contribution in [3.05, 3.63) is 35.3 Å². The first kappa shape index (κ1) is 15.5. The third-order valence-electron chi connectivity index (χ3n) is 3.89. The largest absolute Gasteiger partial charge is 0.378 e. The first-order valence-corrected chi connectivity index (χ1v) is 7.64. The number of carbonyl (C=O) groups excluding carboxylic acids is 1. The average Bonchev–Trinajstić information content (AvgIpc) is 2.88. The summed E-state index contributed by atoms with van der Waals surface area (Å²) in [5, 5.41) is 6.82. The zero-order chi connectivity index (χ0) is 16.2. The van der Waals surface area contributed by atoms with Gasteiger partial charge in [0.15, 0.2) is 5.82 Å². The molecule has 7 heteroatoms. The minimum atomic E-state index is -0.109. The molecule has 1 aliphatic heterocycles. The highest BCUT2D eigenvalue weighted by Gasteiger charge is 2.18. The van der Waals surface area contributed by atoms with Crippen molar-refractivity contribution in [2.24, 2.45) is 0 Å². The summed E-state index contributed by atoms with van der Waals surface area (Å²) in [5.41, 5.74) is 2.29. The maximum atomic E-state index is 12.4. The summed E-state index contributed by atoms with van der Waals surface area (Å²) in [7, 11) is 0. The van der Waals surface area contributed by atoms with Gasteiger partial charge in [0.25, 0.3) is 0 Å². The maximum absolute atomic E-state index is 12.4. The van der Waals surface area contributed by atoms with E-state index in [1.165, 1.54) is 0 Å². The van der Waals surface area contributed by atoms with Crippen molar-refractivity contribution >= 4 is 17.4 Å². The number of rotatable bonds is 4. The van der Waals surface area contributed by atoms with Gasteiger partial charge in [0.05, 0.1) is 31.0 Å². The van der Waals surface area contributed by atoms with Gasteiger partial charge in [-0.05, 0) is 26.0 Å². The van der Waals surface area contributed by atoms with E-state index < -0.39 is 0 Å². The number of amides is 1. The highest BCUT2D eigenvalue weighted by Crippen LogP contribution is 2.24. The van der Waals surface area contributed by atoms with Crippen LogP contribution in [0.1, 0.15) is 17.0 Å². The smallest absolute Gasteiger partial charge is 0.229 e. The highest BCUT2D eigenvalue weighted by molar-refractivity contribution is 5.95. The van der Waals surface area contributed by atoms with E-state index in [1.54, 1.807) is 6.20 Å². The number of ether oxygens (including phenoxy) is 1. The van der Waals surface area contributed by atoms with E-state index in [4.69, 9.17) is 9.26 Å². The number of aromatic nitrogens is 2. The fourth-order valence-corrected chi connectivity index (χ4v) is 2.63. The van der Waals surface area contributed by atoms with Gasteiger partial charge in [-0.15, -0.1) is 0 Å². The van der Waals surface area contributed by atoms with Crippen LogP contribution in [0.5, 0.6) is 0 Å². The van der Waals surface area contributed by atoms with E-state index in [9.17, 15) is 4.79 Å². The van der Waals surface area contributed by atoms with Gasteiger partial charge in [-0.25, -0.2) is 4.98 Å². The molecule has 1 aliphatic rings. The van der Waals surface area contributed by atoms with Crippen molar-refractivity contribution in [3.8, 4) is 0 Å². The van der Waals surface area contributed by atoms with Gasteiger partial charge in [-0.2, -0.15) is 0 Å². The lowest BCUT2D eigenvalue weighted by atomic mass is 10.1. The lowest BCUT2D eigenvalue weighted by Gasteiger charge is -2.29. The lowest BCUT2D eigenvalue weighted by Crippen LogP contribution is -2.37. The van der Waals surface area contributed by atoms with Crippen LogP contribution in [0.15, 0.2) is 22.9 Å². The van der Waals surface area contributed by atoms with Crippen molar-refractivity contribution in [1.29, 1.82) is 0 Å². The first-order valence-electron chi connectivity index (χ1n) is 7.64. The van der Waals surface area contributed by atoms with E-state index in [0.29, 0.717) is 24.7 Å². The van der Waals surface area contributed by atoms with Crippen LogP contribution in [0.2, 0.25) is 0 Å². The minimum Gasteiger partial charge on any atom is -0.378 e. The molecule has 0 unspecified atom stereocenters. The Morgan fingerprint density at radius 1 is 1.35 bits per heavy atom. The Kier molecular flexibility index (Phi) is 4.57. The van der Waals surface area contributed by atoms with Crippen LogP contribution >= 0.6 is 0 Å². The van der Waals surface area contributed by atoms with Gasteiger partial charge in [-0.3, -0.25) is 4.79 Å². The third kappa shape index (κ3) is 3.50. The zero-order valence-corrected chi connectivity index (χ0v) is 13.3. The molecular formula is C16H20N4O3. The first-order chi connectivity index (χ1) is 11.1. The van der Waals surface area contributed by atoms with Crippen LogP contribution in [-0.2, 0) is 16.0 Å². The van der Waals surface area contributed by atoms with Crippen LogP contribution in [0.3, 0.4) is 0 Å². The number of pyridine rings is 1. The number of aryl methyl sites for hydroxylation is 2. The third-order valence-corrected chi connectivity index (χ3v) is 3.89. The average molecular weight is 316 g/mol. The molecule has 0 spiro atoms. The second-order valence-corrected chi connectivity index (χ2v) is 5.50. The molecule has 0 atom stereocenters. The molecule has 1 fully saturated rings. The quantitative estimate of drug-likeness (QED) is 0.925. The highest BCUT2D eigenvalue weighted by atomic mass is 16.5. The van der Waals surface area contributed by atoms with Gasteiger partial charge in [0.2, 0.25) is 5.91 Å². The Morgan fingerprint density at radius 2 is 2.13 bits per heavy atom. The zero-order valence-electron chi connectivity index (χ0n) is 13.3. The van der Waals surface area contributed by atoms with Gasteiger partial charge < -0.3 is 19.5 Å². The predicted molar refractivity (Wildman–Crippen MR) is 85.6 cm³/mol. The van der Waals surface area contributed by atoms with E-state index in [-0.39, 0.29) is 12.3 Å². The Morgan fingerprint density at radius 3 is 2.83 bits per heavy atom. The normalized spacial score (nSPS) is 14.8. The van der Waals surface area contributed by atoms with Gasteiger partial charge >= 0.3 is 0 Å². The summed E-state index contributed by atoms with van der Waals surface area (Å²) in [4.78, 5) is 18.9. The summed E-state index contributed by atoms with van der Waals surface area (Å²) in [6.07, 6.45) is 1.97. The second kappa shape index (κ2) is 6.78. The second-order valence-electron chi connectivity index (χ2n) is 5.50. The molecule has 2 aromatic rings. The molecule has 23 heavy (non-hydrogen) atoms. The molecular weight excluding hydrogens is 296 g/mol. The predicted octanol–water partition coefficient (Wildman–Crippen LogP) is 1.70. The van der Waals surface area contributed by atoms with Crippen molar-refractivity contribution in [2.75, 3.05) is 36.5 Å². The molecule has 1 saturated heterocycles. The Bertz CT molecular complexity index is 673. The fraction of sp³-hybridized carbons (Fsp3) is 0.438. The molecule has 0 radical (unpaired) electrons. The fourth-order valence-electron chi connectivity index (χ4n) is 2.63. The molecule has 122 valence electrons. The summed E-state index contributed by atoms with van der Waals surface area (Å²) in [5.74, 6) is 1.35. The topological polar surface area (TPSA) is 80.5 Å². The molecule has 3 rings (SSSR count). The standard InChI is InChI=1S/C16H20N4O3/c1-11-13(12(2)23-19-11)10-15(21)18-14-4-3-5-17-16(14)20-6-8-22-9-7-20/h3-5H,6-10H2,1-2H3,(H,18,21). The summed E-state index contributed by atoms with van der Waals surface area (Å²) in [6.45, 7) is 6.52. The number of nitrogens with zero attached hydrogens (tertiary/aromatic N) is 3. The van der Waals surface area contributed by atoms with Crippen LogP contribution in [0.25, 0.3) is 0 Å². The Balaban J connectivity index is 1.73. The summed E-state index contributed by atoms with van der Waals surface area (Å²) >= 11 is 0. The SMILES string of the molecule is Cc1noc(C)c1CC(=O)Nc1cccnc1N1CCOCC1. The van der Waals surface area contributed by atoms with Crippen molar-refractivity contribution in [2.45, 2.75) is 20.3 Å². The van der Waals surface area contributed by atoms with E-state index in [0.717, 1.165) is 30.2 Å². The molecule has 2 aromatic heterocycles. The number of carbonyl (C=O) groups is 1. The van der Waals surface area contributed by atoms with Crippen molar-refractivity contribution < 1.29 is 14.1 Å². The summed E-state index contributed by atoms with van der Waals surface area (Å²) < 4.78 is 10.5. The van der Waals surface area contributed by atoms with Gasteiger partial charge in [0, 0.05) is 24.8 Å². The molecule has 0 bridgehead atoms. The molecule has 0 saturated carbocycles. The van der Waals surface area contributed by atoms with E-state index >= 15 is 0 Å². The summed E-state index contributed by atoms with van der Waals surface area (Å²) in [6, 6.07) is 3.68. The lowest BCUT2D eigenvalue weighted by molar-refractivity contribution is -0.115. The molecule has 7 nitrogen and oxygen atoms in total. The van der Waals surface area contributed by atoms with Crippen LogP contribution in [0.4, 0.5) is 11.5 Å². The minimum absolute atomic E-state index is 0.109. The van der Waals surface area contributed by atoms with Crippen molar-refractivity contribution in [1.82, 2.24) is 10.1 Å². The Hall–Kier alpha value is -2.41. The number of hydrogen-bond acceptors (Lipinski definition) is 6. The van der Waals surface area contributed by atoms with E-state index in [1.807, 2.05) is 26.0 Å². The maximum Gasteiger partial charge on any atom is 0.229 e. The van der Waals surface area contributed by atoms with Crippen LogP contribution < -0.4 is 10.2 Å². The monoisotopic (exact) mass is 316 g/mol. The molecule has 1 N–H and O–H groups in total. The van der Waals surface area contributed by atoms with Crippen LogP contribution in [0, 0.1) is 13.8 Å². The Labute approximate surface area is 134 Å². The molecule has 0 aliphatic carbocycles. The van der Waals surface area contributed by atoms with E-state index in [2.05, 4.69) is 20.4 Å². The number of morpholine rings is 1. The molecule has 3 heterocycles. The van der Waals surface area contributed by atoms with Gasteiger partial charge in [-0.1, -0.05) is 5.16 Å². The van der Waals surface area contributed by atoms with Crippen LogP contribution in [-0.4, -0.2) is 42.4 Å². The van der Waals surface area contributed by atoms with Gasteiger partial charge in [0.1, 0.15) is 5.76 Å². The molecule has 1 amide bonds. The number of hydrogen-bond donors (Lipinski definition) is 1.